The largest absolute Gasteiger partial charge is 0.491 e. The molecule has 0 saturated carbocycles. The molecule has 5 nitrogen and oxygen atoms in total. The van der Waals surface area contributed by atoms with Crippen LogP contribution in [0.5, 0.6) is 11.6 Å². The first kappa shape index (κ1) is 14.1. The molecule has 2 aromatic rings. The van der Waals surface area contributed by atoms with Gasteiger partial charge in [-0.15, -0.1) is 0 Å². The molecule has 5 heteroatoms. The van der Waals surface area contributed by atoms with E-state index >= 15 is 0 Å². The van der Waals surface area contributed by atoms with E-state index in [-0.39, 0.29) is 6.61 Å². The van der Waals surface area contributed by atoms with Crippen LogP contribution in [-0.2, 0) is 0 Å². The third kappa shape index (κ3) is 4.44. The zero-order valence-electron chi connectivity index (χ0n) is 11.3. The van der Waals surface area contributed by atoms with Gasteiger partial charge in [0.1, 0.15) is 18.5 Å². The highest BCUT2D eigenvalue weighted by Gasteiger charge is 2.05. The van der Waals surface area contributed by atoms with Gasteiger partial charge in [-0.1, -0.05) is 18.2 Å². The number of nitrogens with zero attached hydrogens (tertiary/aromatic N) is 1. The third-order valence-electron chi connectivity index (χ3n) is 2.67. The van der Waals surface area contributed by atoms with Gasteiger partial charge in [-0.05, 0) is 18.2 Å². The van der Waals surface area contributed by atoms with Crippen LogP contribution in [-0.4, -0.2) is 36.5 Å². The predicted molar refractivity (Wildman–Crippen MR) is 77.2 cm³/mol. The Hall–Kier alpha value is -2.27. The second-order valence-electron chi connectivity index (χ2n) is 4.25. The highest BCUT2D eigenvalue weighted by Crippen LogP contribution is 2.11. The molecule has 0 bridgehead atoms. The van der Waals surface area contributed by atoms with Crippen molar-refractivity contribution in [3.63, 3.8) is 0 Å². The van der Waals surface area contributed by atoms with E-state index in [1.807, 2.05) is 36.4 Å². The quantitative estimate of drug-likeness (QED) is 0.808. The van der Waals surface area contributed by atoms with Crippen molar-refractivity contribution >= 4 is 5.69 Å². The van der Waals surface area contributed by atoms with Crippen LogP contribution >= 0.6 is 0 Å². The number of aliphatic hydroxyl groups excluding tert-OH is 1. The second kappa shape index (κ2) is 7.35. The SMILES string of the molecule is COc1ccc(NCC(O)COc2ccccc2)cn1. The highest BCUT2D eigenvalue weighted by atomic mass is 16.5. The number of rotatable bonds is 7. The van der Waals surface area contributed by atoms with E-state index in [2.05, 4.69) is 10.3 Å². The Morgan fingerprint density at radius 2 is 2.00 bits per heavy atom. The van der Waals surface area contributed by atoms with Crippen LogP contribution < -0.4 is 14.8 Å². The summed E-state index contributed by atoms with van der Waals surface area (Å²) >= 11 is 0. The molecule has 1 aromatic heterocycles. The third-order valence-corrected chi connectivity index (χ3v) is 2.67. The van der Waals surface area contributed by atoms with Gasteiger partial charge in [-0.25, -0.2) is 4.98 Å². The van der Waals surface area contributed by atoms with Crippen molar-refractivity contribution in [1.29, 1.82) is 0 Å². The lowest BCUT2D eigenvalue weighted by Gasteiger charge is -2.14. The van der Waals surface area contributed by atoms with Gasteiger partial charge in [0.05, 0.1) is 19.0 Å². The highest BCUT2D eigenvalue weighted by molar-refractivity contribution is 5.42. The zero-order valence-corrected chi connectivity index (χ0v) is 11.3. The van der Waals surface area contributed by atoms with Crippen LogP contribution in [0.25, 0.3) is 0 Å². The van der Waals surface area contributed by atoms with Gasteiger partial charge in [0.15, 0.2) is 0 Å². The summed E-state index contributed by atoms with van der Waals surface area (Å²) in [7, 11) is 1.57. The Kier molecular flexibility index (Phi) is 5.20. The molecule has 0 saturated heterocycles. The van der Waals surface area contributed by atoms with Gasteiger partial charge >= 0.3 is 0 Å². The normalized spacial score (nSPS) is 11.7. The van der Waals surface area contributed by atoms with Crippen molar-refractivity contribution in [2.75, 3.05) is 25.6 Å². The first-order valence-electron chi connectivity index (χ1n) is 6.38. The minimum atomic E-state index is -0.600. The number of aromatic nitrogens is 1. The Labute approximate surface area is 118 Å². The minimum Gasteiger partial charge on any atom is -0.491 e. The summed E-state index contributed by atoms with van der Waals surface area (Å²) in [5.74, 6) is 1.31. The maximum atomic E-state index is 9.84. The van der Waals surface area contributed by atoms with Crippen LogP contribution in [0.15, 0.2) is 48.7 Å². The van der Waals surface area contributed by atoms with Crippen molar-refractivity contribution in [1.82, 2.24) is 4.98 Å². The maximum absolute atomic E-state index is 9.84. The zero-order chi connectivity index (χ0) is 14.2. The molecule has 20 heavy (non-hydrogen) atoms. The molecule has 0 aliphatic carbocycles. The van der Waals surface area contributed by atoms with Gasteiger partial charge in [-0.3, -0.25) is 0 Å². The first-order chi connectivity index (χ1) is 9.78. The van der Waals surface area contributed by atoms with Crippen molar-refractivity contribution in [2.24, 2.45) is 0 Å². The summed E-state index contributed by atoms with van der Waals surface area (Å²) in [6.07, 6.45) is 1.06. The molecule has 0 aliphatic heterocycles. The number of pyridine rings is 1. The fraction of sp³-hybridized carbons (Fsp3) is 0.267. The Balaban J connectivity index is 1.73. The molecule has 1 unspecified atom stereocenters. The fourth-order valence-electron chi connectivity index (χ4n) is 1.61. The molecule has 0 radical (unpaired) electrons. The number of benzene rings is 1. The van der Waals surface area contributed by atoms with Crippen molar-refractivity contribution in [2.45, 2.75) is 6.10 Å². The molecule has 0 amide bonds. The number of hydrogen-bond acceptors (Lipinski definition) is 5. The monoisotopic (exact) mass is 274 g/mol. The molecule has 1 atom stereocenters. The van der Waals surface area contributed by atoms with Gasteiger partial charge in [-0.2, -0.15) is 0 Å². The predicted octanol–water partition coefficient (Wildman–Crippen LogP) is 1.94. The Morgan fingerprint density at radius 3 is 2.65 bits per heavy atom. The van der Waals surface area contributed by atoms with Crippen LogP contribution in [0.1, 0.15) is 0 Å². The topological polar surface area (TPSA) is 63.6 Å². The second-order valence-corrected chi connectivity index (χ2v) is 4.25. The van der Waals surface area contributed by atoms with E-state index in [1.165, 1.54) is 0 Å². The molecule has 1 heterocycles. The van der Waals surface area contributed by atoms with Gasteiger partial charge in [0.25, 0.3) is 0 Å². The average Bonchev–Trinajstić information content (AvgIpc) is 2.52. The van der Waals surface area contributed by atoms with Crippen LogP contribution in [0.2, 0.25) is 0 Å². The molecule has 106 valence electrons. The summed E-state index contributed by atoms with van der Waals surface area (Å²) in [5.41, 5.74) is 0.824. The van der Waals surface area contributed by atoms with E-state index < -0.39 is 6.10 Å². The molecule has 2 N–H and O–H groups in total. The standard InChI is InChI=1S/C15H18N2O3/c1-19-15-8-7-12(9-17-15)16-10-13(18)11-20-14-5-3-2-4-6-14/h2-9,13,16,18H,10-11H2,1H3. The van der Waals surface area contributed by atoms with Crippen LogP contribution in [0, 0.1) is 0 Å². The number of nitrogens with one attached hydrogen (secondary N) is 1. The fourth-order valence-corrected chi connectivity index (χ4v) is 1.61. The lowest BCUT2D eigenvalue weighted by Crippen LogP contribution is -2.26. The first-order valence-corrected chi connectivity index (χ1v) is 6.38. The summed E-state index contributed by atoms with van der Waals surface area (Å²) in [5, 5.41) is 12.9. The number of anilines is 1. The van der Waals surface area contributed by atoms with Crippen molar-refractivity contribution in [3.8, 4) is 11.6 Å². The molecule has 0 spiro atoms. The van der Waals surface area contributed by atoms with Crippen molar-refractivity contribution in [3.05, 3.63) is 48.7 Å². The molecule has 0 aliphatic rings. The van der Waals surface area contributed by atoms with Gasteiger partial charge < -0.3 is 19.9 Å². The number of hydrogen-bond donors (Lipinski definition) is 2. The maximum Gasteiger partial charge on any atom is 0.213 e. The van der Waals surface area contributed by atoms with E-state index in [4.69, 9.17) is 9.47 Å². The summed E-state index contributed by atoms with van der Waals surface area (Å²) in [6.45, 7) is 0.626. The molecule has 0 fully saturated rings. The Morgan fingerprint density at radius 1 is 1.20 bits per heavy atom. The number of ether oxygens (including phenoxy) is 2. The molecule has 2 rings (SSSR count). The van der Waals surface area contributed by atoms with E-state index in [0.29, 0.717) is 12.4 Å². The minimum absolute atomic E-state index is 0.237. The van der Waals surface area contributed by atoms with E-state index in [9.17, 15) is 5.11 Å². The number of para-hydroxylation sites is 1. The summed E-state index contributed by atoms with van der Waals surface area (Å²) in [4.78, 5) is 4.07. The van der Waals surface area contributed by atoms with Gasteiger partial charge in [0, 0.05) is 12.6 Å². The smallest absolute Gasteiger partial charge is 0.213 e. The number of methoxy groups -OCH3 is 1. The summed E-state index contributed by atoms with van der Waals surface area (Å²) in [6, 6.07) is 13.0. The lowest BCUT2D eigenvalue weighted by atomic mass is 10.3. The number of aliphatic hydroxyl groups is 1. The Bertz CT molecular complexity index is 502. The molecular formula is C15H18N2O3. The van der Waals surface area contributed by atoms with Crippen LogP contribution in [0.4, 0.5) is 5.69 Å². The van der Waals surface area contributed by atoms with Gasteiger partial charge in [0.2, 0.25) is 5.88 Å². The lowest BCUT2D eigenvalue weighted by molar-refractivity contribution is 0.117. The van der Waals surface area contributed by atoms with Crippen molar-refractivity contribution < 1.29 is 14.6 Å². The van der Waals surface area contributed by atoms with E-state index in [1.54, 1.807) is 19.4 Å². The van der Waals surface area contributed by atoms with E-state index in [0.717, 1.165) is 11.4 Å². The summed E-state index contributed by atoms with van der Waals surface area (Å²) < 4.78 is 10.4. The molecular weight excluding hydrogens is 256 g/mol. The average molecular weight is 274 g/mol. The molecule has 1 aromatic carbocycles. The van der Waals surface area contributed by atoms with Crippen LogP contribution in [0.3, 0.4) is 0 Å².